The molecule has 2 amide bonds. The van der Waals surface area contributed by atoms with Crippen molar-refractivity contribution in [3.63, 3.8) is 0 Å². The maximum Gasteiger partial charge on any atom is 0.257 e. The maximum atomic E-state index is 12.8. The van der Waals surface area contributed by atoms with Gasteiger partial charge in [0, 0.05) is 32.4 Å². The van der Waals surface area contributed by atoms with Crippen molar-refractivity contribution in [1.82, 2.24) is 20.4 Å². The van der Waals surface area contributed by atoms with Crippen LogP contribution in [0.1, 0.15) is 35.8 Å². The van der Waals surface area contributed by atoms with Crippen LogP contribution >= 0.6 is 0 Å². The molecule has 25 heavy (non-hydrogen) atoms. The van der Waals surface area contributed by atoms with Crippen LogP contribution in [0.3, 0.4) is 0 Å². The van der Waals surface area contributed by atoms with Crippen LogP contribution in [0.5, 0.6) is 0 Å². The number of aromatic nitrogens is 2. The molecule has 3 N–H and O–H groups in total. The van der Waals surface area contributed by atoms with Crippen molar-refractivity contribution in [3.05, 3.63) is 23.5 Å². The quantitative estimate of drug-likeness (QED) is 0.825. The minimum Gasteiger partial charge on any atom is -0.355 e. The monoisotopic (exact) mass is 345 g/mol. The van der Waals surface area contributed by atoms with E-state index >= 15 is 0 Å². The molecule has 0 aliphatic carbocycles. The highest BCUT2D eigenvalue weighted by atomic mass is 16.5. The second kappa shape index (κ2) is 7.60. The number of amides is 2. The Morgan fingerprint density at radius 2 is 2.32 bits per heavy atom. The third-order valence-corrected chi connectivity index (χ3v) is 4.51. The topological polar surface area (TPSA) is 114 Å². The summed E-state index contributed by atoms with van der Waals surface area (Å²) in [4.78, 5) is 30.9. The molecule has 2 aromatic heterocycles. The lowest BCUT2D eigenvalue weighted by Gasteiger charge is -2.32. The molecule has 3 rings (SSSR count). The average molecular weight is 345 g/mol. The second-order valence-electron chi connectivity index (χ2n) is 6.23. The molecular formula is C17H23N5O3. The van der Waals surface area contributed by atoms with Crippen LogP contribution in [-0.4, -0.2) is 53.0 Å². The van der Waals surface area contributed by atoms with Gasteiger partial charge < -0.3 is 20.5 Å². The first kappa shape index (κ1) is 17.3. The van der Waals surface area contributed by atoms with Crippen molar-refractivity contribution in [2.45, 2.75) is 26.2 Å². The van der Waals surface area contributed by atoms with Crippen molar-refractivity contribution in [3.8, 4) is 0 Å². The first-order chi connectivity index (χ1) is 12.1. The Bertz CT molecular complexity index is 773. The summed E-state index contributed by atoms with van der Waals surface area (Å²) in [5.74, 6) is -0.347. The van der Waals surface area contributed by atoms with Crippen LogP contribution in [0.4, 0.5) is 0 Å². The minimum absolute atomic E-state index is 0.0381. The molecule has 1 unspecified atom stereocenters. The number of nitrogens with two attached hydrogens (primary N) is 1. The van der Waals surface area contributed by atoms with Crippen LogP contribution in [-0.2, 0) is 11.2 Å². The Morgan fingerprint density at radius 1 is 1.48 bits per heavy atom. The molecule has 0 saturated carbocycles. The SMILES string of the molecule is CCc1noc2ncc(C(=O)N3CCCC(C(=O)NCCN)C3)cc12. The maximum absolute atomic E-state index is 12.8. The zero-order valence-electron chi connectivity index (χ0n) is 14.3. The third-order valence-electron chi connectivity index (χ3n) is 4.51. The van der Waals surface area contributed by atoms with Gasteiger partial charge in [-0.1, -0.05) is 12.1 Å². The number of hydrogen-bond acceptors (Lipinski definition) is 6. The molecule has 1 fully saturated rings. The molecule has 1 aliphatic rings. The summed E-state index contributed by atoms with van der Waals surface area (Å²) >= 11 is 0. The van der Waals surface area contributed by atoms with Crippen LogP contribution in [0.2, 0.25) is 0 Å². The van der Waals surface area contributed by atoms with E-state index in [-0.39, 0.29) is 17.7 Å². The highest BCUT2D eigenvalue weighted by molar-refractivity contribution is 5.97. The molecule has 8 heteroatoms. The predicted molar refractivity (Wildman–Crippen MR) is 91.9 cm³/mol. The van der Waals surface area contributed by atoms with E-state index in [9.17, 15) is 9.59 Å². The van der Waals surface area contributed by atoms with Gasteiger partial charge in [-0.05, 0) is 25.3 Å². The van der Waals surface area contributed by atoms with Crippen molar-refractivity contribution >= 4 is 22.9 Å². The van der Waals surface area contributed by atoms with E-state index < -0.39 is 0 Å². The van der Waals surface area contributed by atoms with Gasteiger partial charge >= 0.3 is 0 Å². The van der Waals surface area contributed by atoms with E-state index in [1.807, 2.05) is 6.92 Å². The lowest BCUT2D eigenvalue weighted by molar-refractivity contribution is -0.126. The average Bonchev–Trinajstić information content (AvgIpc) is 3.07. The first-order valence-corrected chi connectivity index (χ1v) is 8.65. The van der Waals surface area contributed by atoms with Crippen molar-refractivity contribution < 1.29 is 14.1 Å². The number of piperidine rings is 1. The Balaban J connectivity index is 1.74. The summed E-state index contributed by atoms with van der Waals surface area (Å²) in [6.07, 6.45) is 3.80. The number of aryl methyl sites for hydroxylation is 1. The van der Waals surface area contributed by atoms with E-state index in [4.69, 9.17) is 10.3 Å². The van der Waals surface area contributed by atoms with Gasteiger partial charge in [0.1, 0.15) is 0 Å². The minimum atomic E-state index is -0.192. The van der Waals surface area contributed by atoms with Crippen LogP contribution in [0.15, 0.2) is 16.8 Å². The Labute approximate surface area is 145 Å². The van der Waals surface area contributed by atoms with Crippen LogP contribution < -0.4 is 11.1 Å². The smallest absolute Gasteiger partial charge is 0.257 e. The van der Waals surface area contributed by atoms with Crippen molar-refractivity contribution in [2.75, 3.05) is 26.2 Å². The summed E-state index contributed by atoms with van der Waals surface area (Å²) in [5.41, 5.74) is 7.14. The summed E-state index contributed by atoms with van der Waals surface area (Å²) in [7, 11) is 0. The molecule has 134 valence electrons. The van der Waals surface area contributed by atoms with E-state index in [1.54, 1.807) is 11.0 Å². The number of carbonyl (C=O) groups is 2. The molecule has 1 atom stereocenters. The van der Waals surface area contributed by atoms with Gasteiger partial charge in [0.15, 0.2) is 0 Å². The molecule has 2 aromatic rings. The number of pyridine rings is 1. The number of carbonyl (C=O) groups excluding carboxylic acids is 2. The Morgan fingerprint density at radius 3 is 3.08 bits per heavy atom. The van der Waals surface area contributed by atoms with Gasteiger partial charge in [-0.3, -0.25) is 9.59 Å². The Kier molecular flexibility index (Phi) is 5.28. The number of hydrogen-bond donors (Lipinski definition) is 2. The fraction of sp³-hybridized carbons (Fsp3) is 0.529. The van der Waals surface area contributed by atoms with Crippen molar-refractivity contribution in [1.29, 1.82) is 0 Å². The molecule has 0 radical (unpaired) electrons. The fourth-order valence-electron chi connectivity index (χ4n) is 3.15. The highest BCUT2D eigenvalue weighted by Crippen LogP contribution is 2.22. The summed E-state index contributed by atoms with van der Waals surface area (Å²) in [6.45, 7) is 3.89. The molecule has 0 bridgehead atoms. The number of fused-ring (bicyclic) bond motifs is 1. The number of nitrogens with one attached hydrogen (secondary N) is 1. The highest BCUT2D eigenvalue weighted by Gasteiger charge is 2.29. The summed E-state index contributed by atoms with van der Waals surface area (Å²) in [5, 5.41) is 7.53. The lowest BCUT2D eigenvalue weighted by Crippen LogP contribution is -2.46. The van der Waals surface area contributed by atoms with Crippen LogP contribution in [0, 0.1) is 5.92 Å². The number of likely N-dealkylation sites (tertiary alicyclic amines) is 1. The molecule has 0 spiro atoms. The van der Waals surface area contributed by atoms with Gasteiger partial charge in [0.2, 0.25) is 5.91 Å². The number of nitrogens with zero attached hydrogens (tertiary/aromatic N) is 3. The zero-order valence-corrected chi connectivity index (χ0v) is 14.3. The third kappa shape index (κ3) is 3.63. The Hall–Kier alpha value is -2.48. The van der Waals surface area contributed by atoms with Gasteiger partial charge in [-0.2, -0.15) is 0 Å². The zero-order chi connectivity index (χ0) is 17.8. The fourth-order valence-corrected chi connectivity index (χ4v) is 3.15. The van der Waals surface area contributed by atoms with Gasteiger partial charge in [-0.25, -0.2) is 4.98 Å². The lowest BCUT2D eigenvalue weighted by atomic mass is 9.96. The number of rotatable bonds is 5. The predicted octanol–water partition coefficient (Wildman–Crippen LogP) is 0.712. The van der Waals surface area contributed by atoms with E-state index in [2.05, 4.69) is 15.5 Å². The van der Waals surface area contributed by atoms with E-state index in [0.717, 1.165) is 23.9 Å². The molecule has 3 heterocycles. The van der Waals surface area contributed by atoms with E-state index in [1.165, 1.54) is 6.20 Å². The summed E-state index contributed by atoms with van der Waals surface area (Å²) in [6, 6.07) is 1.78. The standard InChI is InChI=1S/C17H23N5O3/c1-2-14-13-8-12(9-20-16(13)25-21-14)17(24)22-7-3-4-11(10-22)15(23)19-6-5-18/h8-9,11H,2-7,10,18H2,1H3,(H,19,23). The van der Waals surface area contributed by atoms with Crippen molar-refractivity contribution in [2.24, 2.45) is 11.7 Å². The van der Waals surface area contributed by atoms with Gasteiger partial charge in [0.05, 0.1) is 22.6 Å². The van der Waals surface area contributed by atoms with E-state index in [0.29, 0.717) is 43.9 Å². The molecular weight excluding hydrogens is 322 g/mol. The second-order valence-corrected chi connectivity index (χ2v) is 6.23. The first-order valence-electron chi connectivity index (χ1n) is 8.65. The molecule has 1 saturated heterocycles. The van der Waals surface area contributed by atoms with Crippen LogP contribution in [0.25, 0.3) is 11.1 Å². The van der Waals surface area contributed by atoms with Gasteiger partial charge in [-0.15, -0.1) is 0 Å². The largest absolute Gasteiger partial charge is 0.355 e. The normalized spacial score (nSPS) is 17.7. The summed E-state index contributed by atoms with van der Waals surface area (Å²) < 4.78 is 5.16. The molecule has 8 nitrogen and oxygen atoms in total. The molecule has 0 aromatic carbocycles. The van der Waals surface area contributed by atoms with Gasteiger partial charge in [0.25, 0.3) is 11.6 Å². The molecule has 1 aliphatic heterocycles.